The van der Waals surface area contributed by atoms with Gasteiger partial charge in [-0.05, 0) is 50.1 Å². The monoisotopic (exact) mass is 289 g/mol. The Labute approximate surface area is 124 Å². The van der Waals surface area contributed by atoms with Crippen LogP contribution in [0.1, 0.15) is 24.2 Å². The number of likely N-dealkylation sites (tertiary alicyclic amines) is 1. The van der Waals surface area contributed by atoms with E-state index in [0.717, 1.165) is 30.7 Å². The van der Waals surface area contributed by atoms with E-state index < -0.39 is 0 Å². The van der Waals surface area contributed by atoms with Gasteiger partial charge < -0.3 is 9.52 Å². The maximum Gasteiger partial charge on any atom is 0.134 e. The molecule has 1 aliphatic rings. The van der Waals surface area contributed by atoms with Crippen molar-refractivity contribution in [2.75, 3.05) is 13.1 Å². The van der Waals surface area contributed by atoms with E-state index in [1.54, 1.807) is 13.0 Å². The molecule has 0 amide bonds. The second kappa shape index (κ2) is 6.00. The van der Waals surface area contributed by atoms with Gasteiger partial charge in [0.1, 0.15) is 17.3 Å². The number of aliphatic hydroxyl groups excluding tert-OH is 1. The summed E-state index contributed by atoms with van der Waals surface area (Å²) in [5, 5.41) is 9.69. The van der Waals surface area contributed by atoms with Crippen LogP contribution in [0, 0.1) is 12.7 Å². The Morgan fingerprint density at radius 3 is 3.00 bits per heavy atom. The summed E-state index contributed by atoms with van der Waals surface area (Å²) in [4.78, 5) is 2.19. The molecule has 0 radical (unpaired) electrons. The highest BCUT2D eigenvalue weighted by Gasteiger charge is 2.19. The van der Waals surface area contributed by atoms with Crippen molar-refractivity contribution in [1.82, 2.24) is 4.90 Å². The third-order valence-electron chi connectivity index (χ3n) is 4.05. The van der Waals surface area contributed by atoms with Gasteiger partial charge in [-0.1, -0.05) is 12.1 Å². The molecule has 1 aromatic heterocycles. The fourth-order valence-corrected chi connectivity index (χ4v) is 2.88. The lowest BCUT2D eigenvalue weighted by Crippen LogP contribution is -2.37. The van der Waals surface area contributed by atoms with Crippen molar-refractivity contribution in [3.8, 4) is 11.3 Å². The predicted octanol–water partition coefficient (Wildman–Crippen LogP) is 3.35. The summed E-state index contributed by atoms with van der Waals surface area (Å²) in [7, 11) is 0. The molecule has 21 heavy (non-hydrogen) atoms. The zero-order chi connectivity index (χ0) is 14.8. The van der Waals surface area contributed by atoms with E-state index in [9.17, 15) is 9.50 Å². The van der Waals surface area contributed by atoms with Gasteiger partial charge in [-0.3, -0.25) is 4.90 Å². The Bertz CT molecular complexity index is 623. The van der Waals surface area contributed by atoms with E-state index in [1.807, 2.05) is 18.2 Å². The number of nitrogens with zero attached hydrogens (tertiary/aromatic N) is 1. The van der Waals surface area contributed by atoms with Crippen LogP contribution in [0.4, 0.5) is 4.39 Å². The average molecular weight is 289 g/mol. The van der Waals surface area contributed by atoms with Gasteiger partial charge >= 0.3 is 0 Å². The molecule has 1 atom stereocenters. The lowest BCUT2D eigenvalue weighted by Gasteiger charge is -2.29. The standard InChI is InChI=1S/C17H20FNO2/c1-12-15(5-2-6-16(12)18)17-8-7-14(21-17)11-19-9-3-4-13(20)10-19/h2,5-8,13,20H,3-4,9-11H2,1H3. The van der Waals surface area contributed by atoms with Gasteiger partial charge in [0.05, 0.1) is 12.6 Å². The van der Waals surface area contributed by atoms with Gasteiger partial charge in [-0.15, -0.1) is 0 Å². The normalized spacial score (nSPS) is 19.9. The van der Waals surface area contributed by atoms with Gasteiger partial charge in [0, 0.05) is 12.1 Å². The van der Waals surface area contributed by atoms with E-state index >= 15 is 0 Å². The minimum atomic E-state index is -0.237. The number of piperidine rings is 1. The number of aliphatic hydroxyl groups is 1. The summed E-state index contributed by atoms with van der Waals surface area (Å²) in [5.74, 6) is 1.33. The molecule has 4 heteroatoms. The molecule has 2 heterocycles. The van der Waals surface area contributed by atoms with Crippen LogP contribution in [-0.4, -0.2) is 29.2 Å². The second-order valence-electron chi connectivity index (χ2n) is 5.71. The lowest BCUT2D eigenvalue weighted by molar-refractivity contribution is 0.0635. The quantitative estimate of drug-likeness (QED) is 0.941. The zero-order valence-electron chi connectivity index (χ0n) is 12.2. The van der Waals surface area contributed by atoms with Crippen LogP contribution in [0.25, 0.3) is 11.3 Å². The van der Waals surface area contributed by atoms with E-state index in [4.69, 9.17) is 4.42 Å². The van der Waals surface area contributed by atoms with Crippen LogP contribution in [0.3, 0.4) is 0 Å². The molecule has 1 unspecified atom stereocenters. The summed E-state index contributed by atoms with van der Waals surface area (Å²) in [6, 6.07) is 8.84. The smallest absolute Gasteiger partial charge is 0.134 e. The first-order valence-corrected chi connectivity index (χ1v) is 7.38. The lowest BCUT2D eigenvalue weighted by atomic mass is 10.1. The molecule has 0 bridgehead atoms. The van der Waals surface area contributed by atoms with Crippen LogP contribution in [-0.2, 0) is 6.54 Å². The maximum atomic E-state index is 13.6. The molecule has 0 spiro atoms. The fourth-order valence-electron chi connectivity index (χ4n) is 2.88. The number of halogens is 1. The Balaban J connectivity index is 1.75. The molecule has 2 aromatic rings. The van der Waals surface area contributed by atoms with Crippen molar-refractivity contribution < 1.29 is 13.9 Å². The number of benzene rings is 1. The van der Waals surface area contributed by atoms with Crippen LogP contribution in [0.5, 0.6) is 0 Å². The number of β-amino-alcohol motifs (C(OH)–C–C–N with tert-alkyl or cyclic N) is 1. The highest BCUT2D eigenvalue weighted by molar-refractivity contribution is 5.62. The summed E-state index contributed by atoms with van der Waals surface area (Å²) >= 11 is 0. The molecule has 112 valence electrons. The maximum absolute atomic E-state index is 13.6. The summed E-state index contributed by atoms with van der Waals surface area (Å²) in [5.41, 5.74) is 1.40. The van der Waals surface area contributed by atoms with E-state index in [2.05, 4.69) is 4.90 Å². The molecular weight excluding hydrogens is 269 g/mol. The highest BCUT2D eigenvalue weighted by atomic mass is 19.1. The summed E-state index contributed by atoms with van der Waals surface area (Å²) in [6.45, 7) is 4.11. The minimum Gasteiger partial charge on any atom is -0.460 e. The average Bonchev–Trinajstić information content (AvgIpc) is 2.90. The van der Waals surface area contributed by atoms with Crippen molar-refractivity contribution in [1.29, 1.82) is 0 Å². The minimum absolute atomic E-state index is 0.218. The number of hydrogen-bond acceptors (Lipinski definition) is 3. The first-order valence-electron chi connectivity index (χ1n) is 7.38. The van der Waals surface area contributed by atoms with Crippen LogP contribution in [0.2, 0.25) is 0 Å². The SMILES string of the molecule is Cc1c(F)cccc1-c1ccc(CN2CCCC(O)C2)o1. The Hall–Kier alpha value is -1.65. The first kappa shape index (κ1) is 14.3. The summed E-state index contributed by atoms with van der Waals surface area (Å²) in [6.07, 6.45) is 1.65. The molecule has 1 fully saturated rings. The molecule has 0 saturated carbocycles. The van der Waals surface area contributed by atoms with Gasteiger partial charge in [-0.2, -0.15) is 0 Å². The Morgan fingerprint density at radius 2 is 2.19 bits per heavy atom. The number of rotatable bonds is 3. The van der Waals surface area contributed by atoms with Gasteiger partial charge in [0.15, 0.2) is 0 Å². The van der Waals surface area contributed by atoms with Gasteiger partial charge in [-0.25, -0.2) is 4.39 Å². The highest BCUT2D eigenvalue weighted by Crippen LogP contribution is 2.27. The molecule has 1 aliphatic heterocycles. The third-order valence-corrected chi connectivity index (χ3v) is 4.05. The van der Waals surface area contributed by atoms with Crippen LogP contribution >= 0.6 is 0 Å². The molecule has 1 N–H and O–H groups in total. The zero-order valence-corrected chi connectivity index (χ0v) is 12.2. The topological polar surface area (TPSA) is 36.6 Å². The van der Waals surface area contributed by atoms with Crippen molar-refractivity contribution in [3.05, 3.63) is 47.5 Å². The molecule has 1 saturated heterocycles. The van der Waals surface area contributed by atoms with E-state index in [0.29, 0.717) is 24.4 Å². The molecule has 3 nitrogen and oxygen atoms in total. The molecule has 0 aliphatic carbocycles. The molecule has 3 rings (SSSR count). The first-order chi connectivity index (χ1) is 10.1. The predicted molar refractivity (Wildman–Crippen MR) is 79.4 cm³/mol. The molecule has 1 aromatic carbocycles. The van der Waals surface area contributed by atoms with Gasteiger partial charge in [0.2, 0.25) is 0 Å². The third kappa shape index (κ3) is 3.17. The van der Waals surface area contributed by atoms with E-state index in [-0.39, 0.29) is 11.9 Å². The van der Waals surface area contributed by atoms with Crippen LogP contribution in [0.15, 0.2) is 34.7 Å². The largest absolute Gasteiger partial charge is 0.460 e. The number of furan rings is 1. The van der Waals surface area contributed by atoms with Gasteiger partial charge in [0.25, 0.3) is 0 Å². The second-order valence-corrected chi connectivity index (χ2v) is 5.71. The van der Waals surface area contributed by atoms with Crippen molar-refractivity contribution in [3.63, 3.8) is 0 Å². The Morgan fingerprint density at radius 1 is 1.33 bits per heavy atom. The van der Waals surface area contributed by atoms with Crippen molar-refractivity contribution >= 4 is 0 Å². The van der Waals surface area contributed by atoms with E-state index in [1.165, 1.54) is 6.07 Å². The fraction of sp³-hybridized carbons (Fsp3) is 0.412. The number of hydrogen-bond donors (Lipinski definition) is 1. The van der Waals surface area contributed by atoms with Crippen LogP contribution < -0.4 is 0 Å². The molecular formula is C17H20FNO2. The van der Waals surface area contributed by atoms with Crippen molar-refractivity contribution in [2.45, 2.75) is 32.4 Å². The Kier molecular flexibility index (Phi) is 4.08. The van der Waals surface area contributed by atoms with Crippen molar-refractivity contribution in [2.24, 2.45) is 0 Å². The summed E-state index contributed by atoms with van der Waals surface area (Å²) < 4.78 is 19.5.